The van der Waals surface area contributed by atoms with Gasteiger partial charge in [-0.15, -0.1) is 0 Å². The van der Waals surface area contributed by atoms with E-state index in [2.05, 4.69) is 22.5 Å². The molecule has 21 heavy (non-hydrogen) atoms. The Kier molecular flexibility index (Phi) is 6.70. The van der Waals surface area contributed by atoms with Crippen molar-refractivity contribution in [2.24, 2.45) is 5.92 Å². The molecular weight excluding hydrogens is 262 g/mol. The highest BCUT2D eigenvalue weighted by molar-refractivity contribution is 5.78. The van der Waals surface area contributed by atoms with Crippen molar-refractivity contribution in [3.8, 4) is 0 Å². The molecule has 0 unspecified atom stereocenters. The van der Waals surface area contributed by atoms with E-state index in [9.17, 15) is 4.79 Å². The molecular formula is C17H27N3O. The van der Waals surface area contributed by atoms with Gasteiger partial charge in [-0.25, -0.2) is 0 Å². The highest BCUT2D eigenvalue weighted by Crippen LogP contribution is 2.15. The average molecular weight is 289 g/mol. The number of nitrogens with zero attached hydrogens (tertiary/aromatic N) is 1. The molecule has 116 valence electrons. The van der Waals surface area contributed by atoms with Gasteiger partial charge in [-0.05, 0) is 50.5 Å². The Labute approximate surface area is 127 Å². The first-order valence-electron chi connectivity index (χ1n) is 8.01. The van der Waals surface area contributed by atoms with Crippen LogP contribution in [0, 0.1) is 5.92 Å². The van der Waals surface area contributed by atoms with Crippen LogP contribution in [-0.2, 0) is 11.3 Å². The van der Waals surface area contributed by atoms with E-state index in [0.29, 0.717) is 13.1 Å². The molecule has 1 amide bonds. The number of piperidine rings is 1. The van der Waals surface area contributed by atoms with E-state index in [0.717, 1.165) is 37.7 Å². The zero-order valence-corrected chi connectivity index (χ0v) is 13.0. The molecule has 2 rings (SSSR count). The molecule has 0 bridgehead atoms. The lowest BCUT2D eigenvalue weighted by atomic mass is 9.97. The van der Waals surface area contributed by atoms with Crippen molar-refractivity contribution in [2.45, 2.75) is 26.3 Å². The van der Waals surface area contributed by atoms with E-state index in [1.54, 1.807) is 0 Å². The second-order valence-electron chi connectivity index (χ2n) is 5.79. The summed E-state index contributed by atoms with van der Waals surface area (Å²) in [6.07, 6.45) is 2.39. The Bertz CT molecular complexity index is 413. The third-order valence-electron chi connectivity index (χ3n) is 4.09. The predicted octanol–water partition coefficient (Wildman–Crippen LogP) is 1.62. The number of carbonyl (C=O) groups is 1. The van der Waals surface area contributed by atoms with Crippen LogP contribution in [0.3, 0.4) is 0 Å². The molecule has 2 N–H and O–H groups in total. The van der Waals surface area contributed by atoms with Crippen molar-refractivity contribution in [3.63, 3.8) is 0 Å². The second kappa shape index (κ2) is 8.80. The maximum Gasteiger partial charge on any atom is 0.234 e. The third-order valence-corrected chi connectivity index (χ3v) is 4.09. The number of amides is 1. The van der Waals surface area contributed by atoms with Gasteiger partial charge in [0, 0.05) is 6.54 Å². The average Bonchev–Trinajstić information content (AvgIpc) is 2.53. The van der Waals surface area contributed by atoms with Crippen LogP contribution in [0.1, 0.15) is 25.3 Å². The molecule has 1 heterocycles. The first-order chi connectivity index (χ1) is 10.3. The third kappa shape index (κ3) is 5.86. The SMILES string of the molecule is CCNCC1CCN(CC(=O)NCc2ccccc2)CC1. The lowest BCUT2D eigenvalue weighted by molar-refractivity contribution is -0.122. The van der Waals surface area contributed by atoms with Gasteiger partial charge in [0.25, 0.3) is 0 Å². The Hall–Kier alpha value is -1.39. The van der Waals surface area contributed by atoms with Crippen molar-refractivity contribution in [1.82, 2.24) is 15.5 Å². The topological polar surface area (TPSA) is 44.4 Å². The normalized spacial score (nSPS) is 16.8. The molecule has 0 spiro atoms. The van der Waals surface area contributed by atoms with Crippen LogP contribution in [0.5, 0.6) is 0 Å². The molecule has 1 fully saturated rings. The monoisotopic (exact) mass is 289 g/mol. The van der Waals surface area contributed by atoms with E-state index in [4.69, 9.17) is 0 Å². The molecule has 0 aromatic heterocycles. The van der Waals surface area contributed by atoms with Gasteiger partial charge in [-0.2, -0.15) is 0 Å². The minimum atomic E-state index is 0.129. The molecule has 1 aliphatic heterocycles. The molecule has 1 aromatic rings. The summed E-state index contributed by atoms with van der Waals surface area (Å²) in [5.74, 6) is 0.901. The fourth-order valence-corrected chi connectivity index (χ4v) is 2.75. The highest BCUT2D eigenvalue weighted by atomic mass is 16.2. The number of hydrogen-bond acceptors (Lipinski definition) is 3. The Morgan fingerprint density at radius 2 is 1.95 bits per heavy atom. The van der Waals surface area contributed by atoms with E-state index in [-0.39, 0.29) is 5.91 Å². The van der Waals surface area contributed by atoms with E-state index < -0.39 is 0 Å². The summed E-state index contributed by atoms with van der Waals surface area (Å²) >= 11 is 0. The fourth-order valence-electron chi connectivity index (χ4n) is 2.75. The van der Waals surface area contributed by atoms with Crippen LogP contribution < -0.4 is 10.6 Å². The van der Waals surface area contributed by atoms with Gasteiger partial charge in [0.2, 0.25) is 5.91 Å². The highest BCUT2D eigenvalue weighted by Gasteiger charge is 2.20. The minimum Gasteiger partial charge on any atom is -0.351 e. The van der Waals surface area contributed by atoms with E-state index in [1.165, 1.54) is 12.8 Å². The van der Waals surface area contributed by atoms with Crippen LogP contribution in [0.2, 0.25) is 0 Å². The number of benzene rings is 1. The summed E-state index contributed by atoms with van der Waals surface area (Å²) in [7, 11) is 0. The maximum absolute atomic E-state index is 12.0. The number of likely N-dealkylation sites (tertiary alicyclic amines) is 1. The number of nitrogens with one attached hydrogen (secondary N) is 2. The molecule has 0 radical (unpaired) electrons. The van der Waals surface area contributed by atoms with Crippen molar-refractivity contribution in [3.05, 3.63) is 35.9 Å². The first kappa shape index (κ1) is 16.0. The van der Waals surface area contributed by atoms with Crippen LogP contribution in [-0.4, -0.2) is 43.5 Å². The molecule has 0 atom stereocenters. The number of carbonyl (C=O) groups excluding carboxylic acids is 1. The lowest BCUT2D eigenvalue weighted by Crippen LogP contribution is -2.42. The van der Waals surface area contributed by atoms with Crippen molar-refractivity contribution in [1.29, 1.82) is 0 Å². The van der Waals surface area contributed by atoms with Gasteiger partial charge in [0.15, 0.2) is 0 Å². The maximum atomic E-state index is 12.0. The fraction of sp³-hybridized carbons (Fsp3) is 0.588. The molecule has 1 saturated heterocycles. The van der Waals surface area contributed by atoms with Crippen LogP contribution in [0.4, 0.5) is 0 Å². The van der Waals surface area contributed by atoms with Crippen molar-refractivity contribution in [2.75, 3.05) is 32.7 Å². The van der Waals surface area contributed by atoms with Gasteiger partial charge >= 0.3 is 0 Å². The van der Waals surface area contributed by atoms with Gasteiger partial charge in [0.1, 0.15) is 0 Å². The summed E-state index contributed by atoms with van der Waals surface area (Å²) in [5.41, 5.74) is 1.15. The second-order valence-corrected chi connectivity index (χ2v) is 5.79. The summed E-state index contributed by atoms with van der Waals surface area (Å²) in [6.45, 7) is 7.53. The van der Waals surface area contributed by atoms with Crippen LogP contribution in [0.15, 0.2) is 30.3 Å². The van der Waals surface area contributed by atoms with Gasteiger partial charge in [-0.3, -0.25) is 9.69 Å². The Balaban J connectivity index is 1.63. The number of hydrogen-bond donors (Lipinski definition) is 2. The predicted molar refractivity (Wildman–Crippen MR) is 86.0 cm³/mol. The van der Waals surface area contributed by atoms with Crippen LogP contribution >= 0.6 is 0 Å². The van der Waals surface area contributed by atoms with Crippen molar-refractivity contribution < 1.29 is 4.79 Å². The molecule has 0 aliphatic carbocycles. The Morgan fingerprint density at radius 1 is 1.24 bits per heavy atom. The molecule has 1 aromatic carbocycles. The Morgan fingerprint density at radius 3 is 2.62 bits per heavy atom. The quantitative estimate of drug-likeness (QED) is 0.802. The van der Waals surface area contributed by atoms with Crippen LogP contribution in [0.25, 0.3) is 0 Å². The van der Waals surface area contributed by atoms with Gasteiger partial charge < -0.3 is 10.6 Å². The summed E-state index contributed by atoms with van der Waals surface area (Å²) in [4.78, 5) is 14.2. The van der Waals surface area contributed by atoms with Crippen molar-refractivity contribution >= 4 is 5.91 Å². The lowest BCUT2D eigenvalue weighted by Gasteiger charge is -2.31. The number of rotatable bonds is 7. The standard InChI is InChI=1S/C17H27N3O/c1-2-18-12-16-8-10-20(11-9-16)14-17(21)19-13-15-6-4-3-5-7-15/h3-7,16,18H,2,8-14H2,1H3,(H,19,21). The minimum absolute atomic E-state index is 0.129. The van der Waals surface area contributed by atoms with Gasteiger partial charge in [0.05, 0.1) is 6.54 Å². The molecule has 1 aliphatic rings. The zero-order chi connectivity index (χ0) is 14.9. The summed E-state index contributed by atoms with van der Waals surface area (Å²) in [5, 5.41) is 6.41. The summed E-state index contributed by atoms with van der Waals surface area (Å²) in [6, 6.07) is 10.1. The zero-order valence-electron chi connectivity index (χ0n) is 13.0. The summed E-state index contributed by atoms with van der Waals surface area (Å²) < 4.78 is 0. The largest absolute Gasteiger partial charge is 0.351 e. The first-order valence-corrected chi connectivity index (χ1v) is 8.01. The molecule has 0 saturated carbocycles. The van der Waals surface area contributed by atoms with E-state index >= 15 is 0 Å². The molecule has 4 nitrogen and oxygen atoms in total. The van der Waals surface area contributed by atoms with E-state index in [1.807, 2.05) is 30.3 Å². The van der Waals surface area contributed by atoms with Gasteiger partial charge in [-0.1, -0.05) is 37.3 Å². The smallest absolute Gasteiger partial charge is 0.234 e. The molecule has 4 heteroatoms.